The Labute approximate surface area is 853 Å². The van der Waals surface area contributed by atoms with E-state index >= 15 is 0 Å². The summed E-state index contributed by atoms with van der Waals surface area (Å²) >= 11 is 0. The van der Waals surface area contributed by atoms with E-state index in [2.05, 4.69) is 265 Å². The molecule has 0 aliphatic carbocycles. The summed E-state index contributed by atoms with van der Waals surface area (Å²) in [5.41, 5.74) is 24.3. The second-order valence-electron chi connectivity index (χ2n) is 35.4. The van der Waals surface area contributed by atoms with Gasteiger partial charge in [0.1, 0.15) is 0 Å². The fraction of sp³-hybridized carbons (Fsp3) is 0. The Morgan fingerprint density at radius 2 is 0.297 bits per heavy atom. The van der Waals surface area contributed by atoms with E-state index in [1.807, 2.05) is 267 Å². The number of benzene rings is 19. The van der Waals surface area contributed by atoms with E-state index in [-0.39, 0.29) is 0 Å². The van der Waals surface area contributed by atoms with Crippen LogP contribution in [0, 0.1) is 0 Å². The minimum Gasteiger partial charge on any atom is -0.256 e. The highest BCUT2D eigenvalue weighted by molar-refractivity contribution is 6.10. The molecule has 0 saturated heterocycles. The van der Waals surface area contributed by atoms with Crippen molar-refractivity contribution >= 4 is 75.9 Å². The van der Waals surface area contributed by atoms with Gasteiger partial charge in [0.05, 0.1) is 22.1 Å². The molecular weight excluding hydrogens is 1810 g/mol. The molecule has 0 aliphatic heterocycles. The van der Waals surface area contributed by atoms with Crippen molar-refractivity contribution in [3.63, 3.8) is 0 Å². The third-order valence-electron chi connectivity index (χ3n) is 26.1. The van der Waals surface area contributed by atoms with Crippen LogP contribution in [0.15, 0.2) is 522 Å². The third kappa shape index (κ3) is 19.1. The number of hydrogen-bond donors (Lipinski definition) is 0. The van der Waals surface area contributed by atoms with Gasteiger partial charge < -0.3 is 0 Å². The van der Waals surface area contributed by atoms with Gasteiger partial charge in [0, 0.05) is 135 Å². The Morgan fingerprint density at radius 3 is 0.588 bits per heavy atom. The molecule has 0 aliphatic rings. The minimum atomic E-state index is 0.643. The highest BCUT2D eigenvalue weighted by atomic mass is 15.1. The molecule has 16 nitrogen and oxygen atoms in total. The van der Waals surface area contributed by atoms with Gasteiger partial charge in [0.2, 0.25) is 0 Å². The first-order valence-electron chi connectivity index (χ1n) is 48.9. The van der Waals surface area contributed by atoms with Crippen LogP contribution in [-0.4, -0.2) is 79.7 Å². The minimum absolute atomic E-state index is 0.643. The van der Waals surface area contributed by atoms with Gasteiger partial charge in [-0.3, -0.25) is 19.9 Å². The molecular formula is C132H86N16. The smallest absolute Gasteiger partial charge is 0.164 e. The molecule has 0 unspecified atom stereocenters. The predicted octanol–water partition coefficient (Wildman–Crippen LogP) is 31.8. The lowest BCUT2D eigenvalue weighted by atomic mass is 9.93. The largest absolute Gasteiger partial charge is 0.256 e. The molecule has 148 heavy (non-hydrogen) atoms. The van der Waals surface area contributed by atoms with E-state index in [9.17, 15) is 0 Å². The Balaban J connectivity index is 0.000000105. The number of rotatable bonds is 16. The predicted molar refractivity (Wildman–Crippen MR) is 600 cm³/mol. The molecule has 0 atom stereocenters. The number of nitrogens with zero attached hydrogens (tertiary/aromatic N) is 16. The van der Waals surface area contributed by atoms with Crippen LogP contribution in [0.25, 0.3) is 257 Å². The summed E-state index contributed by atoms with van der Waals surface area (Å²) in [5, 5.41) is 11.3. The quantitative estimate of drug-likeness (QED) is 0.0881. The maximum atomic E-state index is 4.97. The van der Waals surface area contributed by atoms with Crippen molar-refractivity contribution in [2.75, 3.05) is 0 Å². The molecule has 8 aromatic heterocycles. The zero-order valence-electron chi connectivity index (χ0n) is 79.8. The molecule has 19 aromatic carbocycles. The second-order valence-corrected chi connectivity index (χ2v) is 35.4. The van der Waals surface area contributed by atoms with Crippen molar-refractivity contribution in [3.8, 4) is 181 Å². The molecule has 27 rings (SSSR count). The first-order valence-corrected chi connectivity index (χ1v) is 48.9. The Kier molecular flexibility index (Phi) is 25.3. The van der Waals surface area contributed by atoms with Gasteiger partial charge in [-0.15, -0.1) is 0 Å². The van der Waals surface area contributed by atoms with Crippen LogP contribution in [-0.2, 0) is 0 Å². The summed E-state index contributed by atoms with van der Waals surface area (Å²) < 4.78 is 0. The number of hydrogen-bond acceptors (Lipinski definition) is 16. The van der Waals surface area contributed by atoms with Gasteiger partial charge in [0.15, 0.2) is 69.9 Å². The van der Waals surface area contributed by atoms with Crippen LogP contribution in [0.2, 0.25) is 0 Å². The molecule has 27 aromatic rings. The summed E-state index contributed by atoms with van der Waals surface area (Å²) in [4.78, 5) is 77.3. The fourth-order valence-corrected chi connectivity index (χ4v) is 18.8. The highest BCUT2D eigenvalue weighted by Crippen LogP contribution is 2.43. The SMILES string of the molecule is c1ccc(-c2nc(-c3ccc(-c4cccc5cccnc45)cc3)nc(-c3ccc4ccccc4c3)n2)cc1.c1ccc(-c2nc(-c3ccccc3)nc(-c3ccc(-c4cccc5cccnc45)c4ccccc34)n2)cc1.c1ccc(-c2nc(-c3ccccc3)nc(-c3ccc(-c4cccc5cccnc45)c4ccccc34)n2)cc1.c1ccc(-c2nc(-c3ccccc3)nc(-c3ccc(-c4cccc5cccnc45)cc3)n2)cc1. The first kappa shape index (κ1) is 90.2. The molecule has 0 N–H and O–H groups in total. The summed E-state index contributed by atoms with van der Waals surface area (Å²) in [6, 6.07) is 169. The van der Waals surface area contributed by atoms with Gasteiger partial charge in [0.25, 0.3) is 0 Å². The molecule has 0 amide bonds. The first-order chi connectivity index (χ1) is 73.4. The van der Waals surface area contributed by atoms with Crippen molar-refractivity contribution in [3.05, 3.63) is 522 Å². The lowest BCUT2D eigenvalue weighted by Crippen LogP contribution is -2.00. The molecule has 0 spiro atoms. The maximum Gasteiger partial charge on any atom is 0.164 e. The Morgan fingerprint density at radius 1 is 0.101 bits per heavy atom. The Bertz CT molecular complexity index is 9040. The maximum absolute atomic E-state index is 4.97. The monoisotopic (exact) mass is 1890 g/mol. The second kappa shape index (κ2) is 41.4. The van der Waals surface area contributed by atoms with Crippen LogP contribution < -0.4 is 0 Å². The molecule has 0 saturated carbocycles. The van der Waals surface area contributed by atoms with Crippen molar-refractivity contribution in [2.45, 2.75) is 0 Å². The van der Waals surface area contributed by atoms with Crippen molar-refractivity contribution in [1.29, 1.82) is 0 Å². The van der Waals surface area contributed by atoms with Crippen LogP contribution in [0.1, 0.15) is 0 Å². The number of fused-ring (bicyclic) bond motifs is 7. The molecule has 694 valence electrons. The van der Waals surface area contributed by atoms with E-state index in [4.69, 9.17) is 69.8 Å². The van der Waals surface area contributed by atoms with E-state index < -0.39 is 0 Å². The topological polar surface area (TPSA) is 206 Å². The Hall–Kier alpha value is -20.4. The van der Waals surface area contributed by atoms with Gasteiger partial charge in [-0.25, -0.2) is 59.8 Å². The normalized spacial score (nSPS) is 11.1. The highest BCUT2D eigenvalue weighted by Gasteiger charge is 2.23. The lowest BCUT2D eigenvalue weighted by molar-refractivity contribution is 1.07. The molecule has 16 heteroatoms. The number of pyridine rings is 4. The zero-order chi connectivity index (χ0) is 98.7. The summed E-state index contributed by atoms with van der Waals surface area (Å²) in [7, 11) is 0. The van der Waals surface area contributed by atoms with E-state index in [1.165, 1.54) is 5.39 Å². The van der Waals surface area contributed by atoms with E-state index in [0.717, 1.165) is 182 Å². The lowest BCUT2D eigenvalue weighted by Gasteiger charge is -2.14. The van der Waals surface area contributed by atoms with Gasteiger partial charge in [-0.05, 0) is 97.0 Å². The van der Waals surface area contributed by atoms with Crippen LogP contribution in [0.4, 0.5) is 0 Å². The van der Waals surface area contributed by atoms with Gasteiger partial charge in [-0.1, -0.05) is 455 Å². The van der Waals surface area contributed by atoms with Crippen molar-refractivity contribution in [1.82, 2.24) is 79.7 Å². The van der Waals surface area contributed by atoms with Crippen molar-refractivity contribution in [2.24, 2.45) is 0 Å². The number of para-hydroxylation sites is 4. The van der Waals surface area contributed by atoms with Crippen molar-refractivity contribution < 1.29 is 0 Å². The van der Waals surface area contributed by atoms with Gasteiger partial charge in [-0.2, -0.15) is 0 Å². The third-order valence-corrected chi connectivity index (χ3v) is 26.1. The molecule has 8 heterocycles. The summed E-state index contributed by atoms with van der Waals surface area (Å²) in [5.74, 6) is 7.83. The zero-order valence-corrected chi connectivity index (χ0v) is 79.8. The van der Waals surface area contributed by atoms with E-state index in [1.54, 1.807) is 0 Å². The van der Waals surface area contributed by atoms with Crippen LogP contribution in [0.5, 0.6) is 0 Å². The van der Waals surface area contributed by atoms with Crippen LogP contribution >= 0.6 is 0 Å². The van der Waals surface area contributed by atoms with Gasteiger partial charge >= 0.3 is 0 Å². The average molecular weight is 1900 g/mol. The van der Waals surface area contributed by atoms with E-state index in [0.29, 0.717) is 69.9 Å². The average Bonchev–Trinajstić information content (AvgIpc) is 0.761. The molecule has 0 bridgehead atoms. The fourth-order valence-electron chi connectivity index (χ4n) is 18.8. The number of aromatic nitrogens is 16. The molecule has 0 radical (unpaired) electrons. The summed E-state index contributed by atoms with van der Waals surface area (Å²) in [6.45, 7) is 0. The van der Waals surface area contributed by atoms with Crippen LogP contribution in [0.3, 0.4) is 0 Å². The summed E-state index contributed by atoms with van der Waals surface area (Å²) in [6.07, 6.45) is 7.37. The molecule has 0 fully saturated rings. The standard InChI is InChI=1S/3C34H22N4.C30H20N4/c2*1-3-11-24(12-4-1)32-36-33(25-13-5-2-6-14-25)38-34(37-32)30-21-20-28(26-17-7-8-18-27(26)30)29-19-9-15-23-16-10-22-35-31(23)29;1-2-9-26(10-3-1)32-36-33(38-34(37-32)29-20-15-23-8-4-5-11-28(23)22-29)27-18-16-24(17-19-27)30-14-6-12-25-13-7-21-35-31(25)30;1-3-9-23(10-4-1)28-32-29(24-11-5-2-6-12-24)34-30(33-28)25-18-16-21(17-19-25)26-15-7-13-22-14-8-20-31-27(22)26/h3*1-22H;1-20H.